The van der Waals surface area contributed by atoms with Crippen LogP contribution in [0.5, 0.6) is 0 Å². The Kier molecular flexibility index (Phi) is 9.46. The van der Waals surface area contributed by atoms with Gasteiger partial charge in [0.2, 0.25) is 0 Å². The first-order valence-corrected chi connectivity index (χ1v) is 25.1. The summed E-state index contributed by atoms with van der Waals surface area (Å²) < 4.78 is 9.31. The van der Waals surface area contributed by atoms with Gasteiger partial charge >= 0.3 is 0 Å². The fourth-order valence-corrected chi connectivity index (χ4v) is 12.8. The van der Waals surface area contributed by atoms with Gasteiger partial charge in [0.05, 0.1) is 16.9 Å². The van der Waals surface area contributed by atoms with Crippen molar-refractivity contribution < 1.29 is 4.42 Å². The number of furan rings is 1. The summed E-state index contributed by atoms with van der Waals surface area (Å²) in [6, 6.07) is 44.5. The van der Waals surface area contributed by atoms with E-state index in [1.165, 1.54) is 92.8 Å². The molecule has 4 heterocycles. The molecule has 6 aromatic carbocycles. The van der Waals surface area contributed by atoms with Crippen molar-refractivity contribution in [1.29, 1.82) is 0 Å². The van der Waals surface area contributed by atoms with Crippen molar-refractivity contribution in [2.45, 2.75) is 125 Å². The molecule has 334 valence electrons. The summed E-state index contributed by atoms with van der Waals surface area (Å²) in [4.78, 5) is 5.42. The minimum absolute atomic E-state index is 0.0202. The second-order valence-corrected chi connectivity index (χ2v) is 25.2. The molecule has 0 spiro atoms. The molecule has 0 N–H and O–H groups in total. The molecule has 1 aliphatic carbocycles. The molecule has 2 aromatic heterocycles. The maximum Gasteiger partial charge on any atom is 0.264 e. The molecule has 2 unspecified atom stereocenters. The van der Waals surface area contributed by atoms with E-state index in [2.05, 4.69) is 227 Å². The van der Waals surface area contributed by atoms with E-state index in [1.807, 2.05) is 11.3 Å². The Hall–Kier alpha value is -5.52. The van der Waals surface area contributed by atoms with Crippen molar-refractivity contribution in [3.05, 3.63) is 144 Å². The highest BCUT2D eigenvalue weighted by molar-refractivity contribution is 7.34. The number of rotatable bonds is 3. The van der Waals surface area contributed by atoms with Gasteiger partial charge in [-0.05, 0) is 129 Å². The third-order valence-corrected chi connectivity index (χ3v) is 16.7. The second kappa shape index (κ2) is 14.5. The van der Waals surface area contributed by atoms with E-state index in [1.54, 1.807) is 0 Å². The van der Waals surface area contributed by atoms with Crippen molar-refractivity contribution in [2.24, 2.45) is 11.3 Å². The number of allylic oxidation sites excluding steroid dienone is 1. The highest BCUT2D eigenvalue weighted by Crippen LogP contribution is 2.53. The van der Waals surface area contributed by atoms with Crippen molar-refractivity contribution in [3.8, 4) is 11.1 Å². The smallest absolute Gasteiger partial charge is 0.264 e. The van der Waals surface area contributed by atoms with Crippen molar-refractivity contribution >= 4 is 94.2 Å². The van der Waals surface area contributed by atoms with Gasteiger partial charge in [0.15, 0.2) is 0 Å². The van der Waals surface area contributed by atoms with E-state index in [0.717, 1.165) is 24.0 Å². The molecule has 0 saturated carbocycles. The Morgan fingerprint density at radius 2 is 1.29 bits per heavy atom. The molecule has 3 aliphatic rings. The molecule has 0 radical (unpaired) electrons. The maximum atomic E-state index is 6.58. The van der Waals surface area contributed by atoms with Crippen LogP contribution >= 0.6 is 11.3 Å². The molecule has 0 amide bonds. The molecule has 0 bridgehead atoms. The number of thiophene rings is 1. The van der Waals surface area contributed by atoms with Gasteiger partial charge in [0, 0.05) is 48.3 Å². The number of para-hydroxylation sites is 1. The predicted molar refractivity (Wildman–Crippen MR) is 288 cm³/mol. The Labute approximate surface area is 397 Å². The topological polar surface area (TPSA) is 19.6 Å². The summed E-state index contributed by atoms with van der Waals surface area (Å²) in [5.41, 5.74) is 17.5. The van der Waals surface area contributed by atoms with E-state index in [-0.39, 0.29) is 33.9 Å². The van der Waals surface area contributed by atoms with Gasteiger partial charge in [-0.2, -0.15) is 0 Å². The van der Waals surface area contributed by atoms with Gasteiger partial charge in [0.1, 0.15) is 11.2 Å². The van der Waals surface area contributed by atoms with Crippen molar-refractivity contribution in [2.75, 3.05) is 9.80 Å². The zero-order valence-electron chi connectivity index (χ0n) is 41.4. The predicted octanol–water partition coefficient (Wildman–Crippen LogP) is 15.9. The standard InChI is InChI=1S/C61H65BN2OS/c1-57(2,3)38-23-21-37(22-24-38)44-35-40(59(7,8)9)26-29-46(44)63-47-18-16-19-48-53(47)62(45-28-25-41(36-49(45)63)60(10,11)12)56-54(64(48)61(13)33-31-39(32-34-61)58(4,5)6)43-27-30-51-52(55(43)66-56)42-17-14-15-20-50(42)65-51/h14-31,33,35-36,39H,32,34H2,1-13H3. The quantitative estimate of drug-likeness (QED) is 0.130. The lowest BCUT2D eigenvalue weighted by molar-refractivity contribution is 0.248. The summed E-state index contributed by atoms with van der Waals surface area (Å²) >= 11 is 1.99. The monoisotopic (exact) mass is 884 g/mol. The molecular weight excluding hydrogens is 820 g/mol. The first-order valence-electron chi connectivity index (χ1n) is 24.3. The number of anilines is 5. The fourth-order valence-electron chi connectivity index (χ4n) is 11.4. The summed E-state index contributed by atoms with van der Waals surface area (Å²) in [5.74, 6) is 0.523. The second-order valence-electron chi connectivity index (χ2n) is 24.1. The molecule has 0 saturated heterocycles. The van der Waals surface area contributed by atoms with E-state index in [9.17, 15) is 0 Å². The Bertz CT molecular complexity index is 3280. The summed E-state index contributed by atoms with van der Waals surface area (Å²) in [7, 11) is 0. The lowest BCUT2D eigenvalue weighted by atomic mass is 9.36. The van der Waals surface area contributed by atoms with E-state index in [0.29, 0.717) is 5.92 Å². The lowest BCUT2D eigenvalue weighted by Gasteiger charge is -2.50. The van der Waals surface area contributed by atoms with Crippen LogP contribution in [0.1, 0.15) is 120 Å². The summed E-state index contributed by atoms with van der Waals surface area (Å²) in [5, 5.41) is 3.72. The van der Waals surface area contributed by atoms with Gasteiger partial charge in [-0.3, -0.25) is 0 Å². The first kappa shape index (κ1) is 43.1. The Morgan fingerprint density at radius 3 is 1.97 bits per heavy atom. The summed E-state index contributed by atoms with van der Waals surface area (Å²) in [6.07, 6.45) is 7.32. The molecule has 3 nitrogen and oxygen atoms in total. The summed E-state index contributed by atoms with van der Waals surface area (Å²) in [6.45, 7) is 30.7. The Morgan fingerprint density at radius 1 is 0.621 bits per heavy atom. The number of fused-ring (bicyclic) bond motifs is 10. The van der Waals surface area contributed by atoms with Gasteiger partial charge in [-0.15, -0.1) is 11.3 Å². The highest BCUT2D eigenvalue weighted by Gasteiger charge is 2.49. The normalized spacial score (nSPS) is 18.6. The number of hydrogen-bond donors (Lipinski definition) is 0. The van der Waals surface area contributed by atoms with Crippen LogP contribution in [0.25, 0.3) is 43.2 Å². The zero-order chi connectivity index (χ0) is 46.5. The zero-order valence-corrected chi connectivity index (χ0v) is 42.2. The van der Waals surface area contributed by atoms with E-state index in [4.69, 9.17) is 4.42 Å². The molecule has 5 heteroatoms. The van der Waals surface area contributed by atoms with Crippen molar-refractivity contribution in [1.82, 2.24) is 0 Å². The van der Waals surface area contributed by atoms with Crippen LogP contribution < -0.4 is 25.5 Å². The average Bonchev–Trinajstić information content (AvgIpc) is 3.83. The minimum Gasteiger partial charge on any atom is -0.456 e. The first-order chi connectivity index (χ1) is 31.1. The fraction of sp³-hybridized carbons (Fsp3) is 0.344. The molecule has 66 heavy (non-hydrogen) atoms. The lowest BCUT2D eigenvalue weighted by Crippen LogP contribution is -2.63. The minimum atomic E-state index is -0.256. The molecule has 2 aliphatic heterocycles. The van der Waals surface area contributed by atoms with Gasteiger partial charge in [0.25, 0.3) is 6.71 Å². The van der Waals surface area contributed by atoms with E-state index < -0.39 is 0 Å². The van der Waals surface area contributed by atoms with Crippen molar-refractivity contribution in [3.63, 3.8) is 0 Å². The van der Waals surface area contributed by atoms with Gasteiger partial charge in [-0.25, -0.2) is 0 Å². The molecule has 0 fully saturated rings. The number of nitrogens with zero attached hydrogens (tertiary/aromatic N) is 2. The van der Waals surface area contributed by atoms with Crippen LogP contribution in [-0.4, -0.2) is 12.3 Å². The largest absolute Gasteiger partial charge is 0.456 e. The molecule has 11 rings (SSSR count). The molecule has 8 aromatic rings. The van der Waals surface area contributed by atoms with E-state index >= 15 is 0 Å². The van der Waals surface area contributed by atoms with Crippen LogP contribution in [0, 0.1) is 11.3 Å². The van der Waals surface area contributed by atoms with Crippen LogP contribution in [0.2, 0.25) is 0 Å². The highest BCUT2D eigenvalue weighted by atomic mass is 32.1. The molecule has 2 atom stereocenters. The third kappa shape index (κ3) is 6.65. The SMILES string of the molecule is CC(C)(C)c1ccc(-c2cc(C(C)(C)C)ccc2N2c3cc(C(C)(C)C)ccc3B3c4sc5c(ccc6oc7ccccc7c65)c4N(C4(C)C=CC(C(C)(C)C)CC4)c4cccc2c43)cc1. The van der Waals surface area contributed by atoms with Crippen LogP contribution in [0.3, 0.4) is 0 Å². The average molecular weight is 885 g/mol. The van der Waals surface area contributed by atoms with Gasteiger partial charge in [-0.1, -0.05) is 162 Å². The van der Waals surface area contributed by atoms with Crippen LogP contribution in [0.15, 0.2) is 132 Å². The Balaban J connectivity index is 1.23. The number of hydrogen-bond acceptors (Lipinski definition) is 4. The number of benzene rings is 6. The maximum absolute atomic E-state index is 6.58. The third-order valence-electron chi connectivity index (χ3n) is 15.4. The van der Waals surface area contributed by atoms with Crippen LogP contribution in [-0.2, 0) is 16.2 Å². The van der Waals surface area contributed by atoms with Gasteiger partial charge < -0.3 is 14.2 Å². The molecular formula is C61H65BN2OS. The van der Waals surface area contributed by atoms with Crippen LogP contribution in [0.4, 0.5) is 28.4 Å².